The highest BCUT2D eigenvalue weighted by Crippen LogP contribution is 2.32. The third-order valence-corrected chi connectivity index (χ3v) is 10.5. The summed E-state index contributed by atoms with van der Waals surface area (Å²) in [7, 11) is -1.39. The van der Waals surface area contributed by atoms with Gasteiger partial charge in [-0.05, 0) is 55.2 Å². The molecule has 0 aliphatic heterocycles. The number of rotatable bonds is 14. The first kappa shape index (κ1) is 34.5. The zero-order chi connectivity index (χ0) is 34.1. The van der Waals surface area contributed by atoms with Crippen molar-refractivity contribution in [2.75, 3.05) is 25.1 Å². The van der Waals surface area contributed by atoms with E-state index in [1.165, 1.54) is 37.3 Å². The number of amides is 2. The van der Waals surface area contributed by atoms with Gasteiger partial charge in [0.2, 0.25) is 11.8 Å². The minimum atomic E-state index is -4.29. The second-order valence-corrected chi connectivity index (χ2v) is 13.9. The van der Waals surface area contributed by atoms with Crippen LogP contribution in [-0.2, 0) is 32.6 Å². The lowest BCUT2D eigenvalue weighted by molar-refractivity contribution is -0.140. The standard InChI is InChI=1S/C38H43N3O6S/c1-28-18-20-30(21-19-28)26-40(34(24-29-12-6-4-7-13-29)38(43)39-31-14-10-11-15-31)37(42)27-41(32-16-8-5-9-17-32)48(44,45)33-22-23-35(46-2)36(25-33)47-3/h4-9,12-13,16-23,25,31,34H,10-11,14-15,24,26-27H2,1-3H3,(H,39,43). The summed E-state index contributed by atoms with van der Waals surface area (Å²) in [5.74, 6) is -0.142. The van der Waals surface area contributed by atoms with Gasteiger partial charge in [0.15, 0.2) is 11.5 Å². The van der Waals surface area contributed by atoms with Crippen molar-refractivity contribution in [2.45, 2.75) is 62.6 Å². The first-order valence-electron chi connectivity index (χ1n) is 16.2. The molecule has 252 valence electrons. The largest absolute Gasteiger partial charge is 0.493 e. The Kier molecular flexibility index (Phi) is 11.4. The van der Waals surface area contributed by atoms with Crippen molar-refractivity contribution >= 4 is 27.5 Å². The number of sulfonamides is 1. The summed E-state index contributed by atoms with van der Waals surface area (Å²) in [6, 6.07) is 29.3. The van der Waals surface area contributed by atoms with Crippen molar-refractivity contribution in [3.63, 3.8) is 0 Å². The smallest absolute Gasteiger partial charge is 0.264 e. The van der Waals surface area contributed by atoms with Crippen LogP contribution in [0, 0.1) is 6.92 Å². The molecule has 10 heteroatoms. The Labute approximate surface area is 283 Å². The molecule has 4 aromatic rings. The van der Waals surface area contributed by atoms with Gasteiger partial charge in [0.25, 0.3) is 10.0 Å². The topological polar surface area (TPSA) is 105 Å². The third-order valence-electron chi connectivity index (χ3n) is 8.71. The Balaban J connectivity index is 1.56. The van der Waals surface area contributed by atoms with Gasteiger partial charge >= 0.3 is 0 Å². The van der Waals surface area contributed by atoms with Gasteiger partial charge in [-0.2, -0.15) is 0 Å². The Morgan fingerprint density at radius 2 is 1.44 bits per heavy atom. The summed E-state index contributed by atoms with van der Waals surface area (Å²) in [5.41, 5.74) is 3.09. The monoisotopic (exact) mass is 669 g/mol. The fourth-order valence-corrected chi connectivity index (χ4v) is 7.47. The van der Waals surface area contributed by atoms with Gasteiger partial charge in [0.05, 0.1) is 24.8 Å². The first-order valence-corrected chi connectivity index (χ1v) is 17.6. The maximum absolute atomic E-state index is 14.7. The van der Waals surface area contributed by atoms with Gasteiger partial charge in [0, 0.05) is 25.1 Å². The van der Waals surface area contributed by atoms with Crippen LogP contribution < -0.4 is 19.1 Å². The average molecular weight is 670 g/mol. The molecule has 1 N–H and O–H groups in total. The molecule has 1 fully saturated rings. The minimum Gasteiger partial charge on any atom is -0.493 e. The van der Waals surface area contributed by atoms with Crippen LogP contribution in [0.2, 0.25) is 0 Å². The Morgan fingerprint density at radius 1 is 0.812 bits per heavy atom. The maximum Gasteiger partial charge on any atom is 0.264 e. The molecule has 4 aromatic carbocycles. The summed E-state index contributed by atoms with van der Waals surface area (Å²) in [5, 5.41) is 3.20. The summed E-state index contributed by atoms with van der Waals surface area (Å²) in [4.78, 5) is 30.3. The molecule has 48 heavy (non-hydrogen) atoms. The van der Waals surface area contributed by atoms with Crippen molar-refractivity contribution in [1.82, 2.24) is 10.2 Å². The van der Waals surface area contributed by atoms with E-state index in [1.54, 1.807) is 30.3 Å². The van der Waals surface area contributed by atoms with Crippen molar-refractivity contribution < 1.29 is 27.5 Å². The van der Waals surface area contributed by atoms with Gasteiger partial charge in [-0.1, -0.05) is 91.2 Å². The molecule has 1 aliphatic carbocycles. The fraction of sp³-hybridized carbons (Fsp3) is 0.316. The lowest BCUT2D eigenvalue weighted by Crippen LogP contribution is -2.54. The molecule has 1 unspecified atom stereocenters. The van der Waals surface area contributed by atoms with Crippen LogP contribution in [0.4, 0.5) is 5.69 Å². The molecule has 0 bridgehead atoms. The predicted molar refractivity (Wildman–Crippen MR) is 187 cm³/mol. The first-order chi connectivity index (χ1) is 23.2. The number of carbonyl (C=O) groups is 2. The van der Waals surface area contributed by atoms with Crippen molar-refractivity contribution in [3.8, 4) is 11.5 Å². The number of carbonyl (C=O) groups excluding carboxylic acids is 2. The lowest BCUT2D eigenvalue weighted by atomic mass is 10.0. The van der Waals surface area contributed by atoms with E-state index in [0.29, 0.717) is 11.4 Å². The number of methoxy groups -OCH3 is 2. The SMILES string of the molecule is COc1ccc(S(=O)(=O)N(CC(=O)N(Cc2ccc(C)cc2)C(Cc2ccccc2)C(=O)NC2CCCC2)c2ccccc2)cc1OC. The maximum atomic E-state index is 14.7. The van der Waals surface area contributed by atoms with E-state index >= 15 is 0 Å². The molecule has 0 aromatic heterocycles. The van der Waals surface area contributed by atoms with Crippen LogP contribution in [-0.4, -0.2) is 58.0 Å². The summed E-state index contributed by atoms with van der Waals surface area (Å²) in [6.45, 7) is 1.57. The number of aryl methyl sites for hydroxylation is 1. The number of benzene rings is 4. The van der Waals surface area contributed by atoms with Crippen LogP contribution in [0.25, 0.3) is 0 Å². The summed E-state index contributed by atoms with van der Waals surface area (Å²) >= 11 is 0. The Morgan fingerprint density at radius 3 is 2.06 bits per heavy atom. The lowest BCUT2D eigenvalue weighted by Gasteiger charge is -2.34. The number of nitrogens with one attached hydrogen (secondary N) is 1. The molecule has 0 spiro atoms. The van der Waals surface area contributed by atoms with Crippen molar-refractivity contribution in [1.29, 1.82) is 0 Å². The Bertz CT molecular complexity index is 1780. The van der Waals surface area contributed by atoms with Crippen LogP contribution in [0.1, 0.15) is 42.4 Å². The molecule has 9 nitrogen and oxygen atoms in total. The normalized spacial score (nSPS) is 13.8. The van der Waals surface area contributed by atoms with Crippen LogP contribution in [0.15, 0.2) is 108 Å². The van der Waals surface area contributed by atoms with E-state index in [0.717, 1.165) is 46.7 Å². The van der Waals surface area contributed by atoms with Crippen LogP contribution in [0.3, 0.4) is 0 Å². The zero-order valence-corrected chi connectivity index (χ0v) is 28.5. The Hall–Kier alpha value is -4.83. The highest BCUT2D eigenvalue weighted by atomic mass is 32.2. The van der Waals surface area contributed by atoms with Crippen molar-refractivity contribution in [3.05, 3.63) is 120 Å². The van der Waals surface area contributed by atoms with E-state index in [9.17, 15) is 18.0 Å². The molecule has 2 amide bonds. The number of nitrogens with zero attached hydrogens (tertiary/aromatic N) is 2. The van der Waals surface area contributed by atoms with Crippen molar-refractivity contribution in [2.24, 2.45) is 0 Å². The predicted octanol–water partition coefficient (Wildman–Crippen LogP) is 5.91. The quantitative estimate of drug-likeness (QED) is 0.179. The second kappa shape index (κ2) is 15.8. The van der Waals surface area contributed by atoms with Gasteiger partial charge in [0.1, 0.15) is 12.6 Å². The number of hydrogen-bond donors (Lipinski definition) is 1. The summed E-state index contributed by atoms with van der Waals surface area (Å²) < 4.78 is 40.5. The molecule has 5 rings (SSSR count). The number of para-hydroxylation sites is 1. The highest BCUT2D eigenvalue weighted by molar-refractivity contribution is 7.92. The van der Waals surface area contributed by atoms with Gasteiger partial charge in [-0.15, -0.1) is 0 Å². The van der Waals surface area contributed by atoms with Gasteiger partial charge in [-0.25, -0.2) is 8.42 Å². The average Bonchev–Trinajstić information content (AvgIpc) is 3.62. The molecule has 0 saturated heterocycles. The van der Waals surface area contributed by atoms with Gasteiger partial charge < -0.3 is 19.7 Å². The van der Waals surface area contributed by atoms with Gasteiger partial charge in [-0.3, -0.25) is 13.9 Å². The zero-order valence-electron chi connectivity index (χ0n) is 27.7. The van der Waals surface area contributed by atoms with E-state index in [1.807, 2.05) is 61.5 Å². The summed E-state index contributed by atoms with van der Waals surface area (Å²) in [6.07, 6.45) is 4.13. The minimum absolute atomic E-state index is 0.0401. The van der Waals surface area contributed by atoms with E-state index in [2.05, 4.69) is 5.32 Å². The van der Waals surface area contributed by atoms with Crippen LogP contribution in [0.5, 0.6) is 11.5 Å². The third kappa shape index (κ3) is 8.36. The molecule has 1 atom stereocenters. The number of anilines is 1. The fourth-order valence-electron chi connectivity index (χ4n) is 6.04. The van der Waals surface area contributed by atoms with E-state index in [-0.39, 0.29) is 35.6 Å². The molecular formula is C38H43N3O6S. The molecule has 0 radical (unpaired) electrons. The number of hydrogen-bond acceptors (Lipinski definition) is 6. The second-order valence-electron chi connectivity index (χ2n) is 12.1. The molecular weight excluding hydrogens is 627 g/mol. The molecule has 1 saturated carbocycles. The van der Waals surface area contributed by atoms with E-state index < -0.39 is 28.5 Å². The van der Waals surface area contributed by atoms with Crippen LogP contribution >= 0.6 is 0 Å². The molecule has 0 heterocycles. The highest BCUT2D eigenvalue weighted by Gasteiger charge is 2.35. The number of ether oxygens (including phenoxy) is 2. The van der Waals surface area contributed by atoms with E-state index in [4.69, 9.17) is 9.47 Å². The molecule has 1 aliphatic rings.